The van der Waals surface area contributed by atoms with Crippen molar-refractivity contribution in [2.75, 3.05) is 32.8 Å². The molecule has 0 atom stereocenters. The molecule has 21 heavy (non-hydrogen) atoms. The van der Waals surface area contributed by atoms with Crippen LogP contribution in [0.3, 0.4) is 0 Å². The van der Waals surface area contributed by atoms with Crippen LogP contribution in [0.5, 0.6) is 5.75 Å². The van der Waals surface area contributed by atoms with E-state index < -0.39 is 0 Å². The van der Waals surface area contributed by atoms with Crippen molar-refractivity contribution < 1.29 is 4.74 Å². The number of hydrogen-bond acceptors (Lipinski definition) is 3. The molecule has 118 valence electrons. The van der Waals surface area contributed by atoms with Crippen LogP contribution in [0.4, 0.5) is 0 Å². The van der Waals surface area contributed by atoms with Crippen LogP contribution in [0, 0.1) is 0 Å². The molecule has 1 fully saturated rings. The molecule has 1 heterocycles. The molecule has 0 aliphatic carbocycles. The summed E-state index contributed by atoms with van der Waals surface area (Å²) in [5.41, 5.74) is 1.02. The fourth-order valence-electron chi connectivity index (χ4n) is 2.63. The molecule has 0 radical (unpaired) electrons. The molecule has 1 aromatic rings. The molecule has 0 bridgehead atoms. The highest BCUT2D eigenvalue weighted by Gasteiger charge is 2.13. The molecule has 0 amide bonds. The number of benzene rings is 1. The minimum absolute atomic E-state index is 0.592. The van der Waals surface area contributed by atoms with E-state index in [4.69, 9.17) is 27.9 Å². The third-order valence-corrected chi connectivity index (χ3v) is 4.25. The number of nitrogens with zero attached hydrogens (tertiary/aromatic N) is 1. The first-order valence-corrected chi connectivity index (χ1v) is 8.50. The summed E-state index contributed by atoms with van der Waals surface area (Å²) < 4.78 is 5.95. The summed E-state index contributed by atoms with van der Waals surface area (Å²) in [6.07, 6.45) is 3.95. The van der Waals surface area contributed by atoms with Gasteiger partial charge in [-0.3, -0.25) is 4.90 Å². The molecule has 0 saturated carbocycles. The second-order valence-corrected chi connectivity index (χ2v) is 6.25. The highest BCUT2D eigenvalue weighted by molar-refractivity contribution is 6.35. The Hall–Kier alpha value is -0.480. The predicted octanol–water partition coefficient (Wildman–Crippen LogP) is 3.97. The van der Waals surface area contributed by atoms with Gasteiger partial charge in [-0.25, -0.2) is 0 Å². The van der Waals surface area contributed by atoms with Crippen molar-refractivity contribution in [3.05, 3.63) is 27.7 Å². The Morgan fingerprint density at radius 3 is 2.67 bits per heavy atom. The standard InChI is InChI=1S/C16H24Cl2N2O/c1-2-19-12-13-10-14(17)11-15(18)16(13)21-9-8-20-6-4-3-5-7-20/h10-11,19H,2-9,12H2,1H3. The molecule has 1 saturated heterocycles. The van der Waals surface area contributed by atoms with Gasteiger partial charge in [0, 0.05) is 23.7 Å². The lowest BCUT2D eigenvalue weighted by Gasteiger charge is -2.26. The summed E-state index contributed by atoms with van der Waals surface area (Å²) >= 11 is 12.4. The van der Waals surface area contributed by atoms with Crippen molar-refractivity contribution in [2.45, 2.75) is 32.7 Å². The fourth-order valence-corrected chi connectivity index (χ4v) is 3.22. The average Bonchev–Trinajstić information content (AvgIpc) is 2.48. The van der Waals surface area contributed by atoms with Crippen molar-refractivity contribution in [3.63, 3.8) is 0 Å². The van der Waals surface area contributed by atoms with Crippen molar-refractivity contribution >= 4 is 23.2 Å². The molecule has 3 nitrogen and oxygen atoms in total. The van der Waals surface area contributed by atoms with E-state index in [2.05, 4.69) is 17.1 Å². The lowest BCUT2D eigenvalue weighted by Crippen LogP contribution is -2.33. The maximum atomic E-state index is 6.28. The van der Waals surface area contributed by atoms with Gasteiger partial charge in [0.2, 0.25) is 0 Å². The molecule has 5 heteroatoms. The molecule has 1 aliphatic rings. The van der Waals surface area contributed by atoms with Gasteiger partial charge in [-0.1, -0.05) is 36.5 Å². The van der Waals surface area contributed by atoms with Crippen molar-refractivity contribution in [1.82, 2.24) is 10.2 Å². The van der Waals surface area contributed by atoms with Gasteiger partial charge in [0.05, 0.1) is 5.02 Å². The van der Waals surface area contributed by atoms with Crippen molar-refractivity contribution in [2.24, 2.45) is 0 Å². The summed E-state index contributed by atoms with van der Waals surface area (Å²) in [5, 5.41) is 4.53. The zero-order chi connectivity index (χ0) is 15.1. The van der Waals surface area contributed by atoms with Crippen LogP contribution in [0.15, 0.2) is 12.1 Å². The maximum absolute atomic E-state index is 6.28. The van der Waals surface area contributed by atoms with E-state index >= 15 is 0 Å². The van der Waals surface area contributed by atoms with Gasteiger partial charge in [-0.2, -0.15) is 0 Å². The number of ether oxygens (including phenoxy) is 1. The highest BCUT2D eigenvalue weighted by Crippen LogP contribution is 2.32. The summed E-state index contributed by atoms with van der Waals surface area (Å²) in [6.45, 7) is 7.68. The van der Waals surface area contributed by atoms with Crippen molar-refractivity contribution in [3.8, 4) is 5.75 Å². The van der Waals surface area contributed by atoms with E-state index in [-0.39, 0.29) is 0 Å². The Labute approximate surface area is 137 Å². The van der Waals surface area contributed by atoms with Gasteiger partial charge in [-0.15, -0.1) is 0 Å². The quantitative estimate of drug-likeness (QED) is 0.818. The predicted molar refractivity (Wildman–Crippen MR) is 89.6 cm³/mol. The van der Waals surface area contributed by atoms with Crippen LogP contribution in [0.25, 0.3) is 0 Å². The molecule has 0 unspecified atom stereocenters. The van der Waals surface area contributed by atoms with Crippen LogP contribution in [-0.2, 0) is 6.54 Å². The second kappa shape index (κ2) is 8.84. The number of hydrogen-bond donors (Lipinski definition) is 1. The van der Waals surface area contributed by atoms with E-state index in [1.54, 1.807) is 6.07 Å². The highest BCUT2D eigenvalue weighted by atomic mass is 35.5. The Morgan fingerprint density at radius 2 is 1.95 bits per heavy atom. The van der Waals surface area contributed by atoms with Crippen LogP contribution in [0.2, 0.25) is 10.0 Å². The number of halogens is 2. The Kier molecular flexibility index (Phi) is 7.11. The zero-order valence-corrected chi connectivity index (χ0v) is 14.1. The SMILES string of the molecule is CCNCc1cc(Cl)cc(Cl)c1OCCN1CCCCC1. The van der Waals surface area contributed by atoms with Gasteiger partial charge >= 0.3 is 0 Å². The molecule has 1 N–H and O–H groups in total. The number of nitrogens with one attached hydrogen (secondary N) is 1. The van der Waals surface area contributed by atoms with Crippen LogP contribution in [-0.4, -0.2) is 37.7 Å². The Morgan fingerprint density at radius 1 is 1.19 bits per heavy atom. The van der Waals surface area contributed by atoms with Gasteiger partial charge in [0.1, 0.15) is 12.4 Å². The molecular weight excluding hydrogens is 307 g/mol. The maximum Gasteiger partial charge on any atom is 0.142 e. The first-order valence-electron chi connectivity index (χ1n) is 7.74. The van der Waals surface area contributed by atoms with Gasteiger partial charge < -0.3 is 10.1 Å². The first-order chi connectivity index (χ1) is 10.2. The molecule has 1 aliphatic heterocycles. The molecule has 0 aromatic heterocycles. The molecule has 2 rings (SSSR count). The Balaban J connectivity index is 1.93. The van der Waals surface area contributed by atoms with Gasteiger partial charge in [-0.05, 0) is 44.6 Å². The largest absolute Gasteiger partial charge is 0.490 e. The third-order valence-electron chi connectivity index (χ3n) is 3.75. The summed E-state index contributed by atoms with van der Waals surface area (Å²) in [6, 6.07) is 3.67. The molecule has 0 spiro atoms. The summed E-state index contributed by atoms with van der Waals surface area (Å²) in [4.78, 5) is 2.46. The lowest BCUT2D eigenvalue weighted by molar-refractivity contribution is 0.182. The van der Waals surface area contributed by atoms with E-state index in [9.17, 15) is 0 Å². The van der Waals surface area contributed by atoms with E-state index in [1.165, 1.54) is 32.4 Å². The van der Waals surface area contributed by atoms with E-state index in [0.717, 1.165) is 30.9 Å². The number of likely N-dealkylation sites (tertiary alicyclic amines) is 1. The monoisotopic (exact) mass is 330 g/mol. The molecular formula is C16H24Cl2N2O. The number of piperidine rings is 1. The average molecular weight is 331 g/mol. The van der Waals surface area contributed by atoms with Gasteiger partial charge in [0.15, 0.2) is 0 Å². The van der Waals surface area contributed by atoms with Crippen molar-refractivity contribution in [1.29, 1.82) is 0 Å². The minimum Gasteiger partial charge on any atom is -0.490 e. The number of rotatable bonds is 7. The lowest BCUT2D eigenvalue weighted by atomic mass is 10.1. The normalized spacial score (nSPS) is 16.1. The van der Waals surface area contributed by atoms with Crippen LogP contribution >= 0.6 is 23.2 Å². The topological polar surface area (TPSA) is 24.5 Å². The minimum atomic E-state index is 0.592. The first kappa shape index (κ1) is 16.9. The third kappa shape index (κ3) is 5.33. The smallest absolute Gasteiger partial charge is 0.142 e. The van der Waals surface area contributed by atoms with E-state index in [1.807, 2.05) is 6.07 Å². The summed E-state index contributed by atoms with van der Waals surface area (Å²) in [7, 11) is 0. The Bertz CT molecular complexity index is 448. The van der Waals surface area contributed by atoms with E-state index in [0.29, 0.717) is 16.7 Å². The fraction of sp³-hybridized carbons (Fsp3) is 0.625. The summed E-state index contributed by atoms with van der Waals surface area (Å²) in [5.74, 6) is 0.763. The van der Waals surface area contributed by atoms with Crippen LogP contribution < -0.4 is 10.1 Å². The zero-order valence-electron chi connectivity index (χ0n) is 12.6. The van der Waals surface area contributed by atoms with Gasteiger partial charge in [0.25, 0.3) is 0 Å². The molecule has 1 aromatic carbocycles. The van der Waals surface area contributed by atoms with Crippen LogP contribution in [0.1, 0.15) is 31.7 Å². The second-order valence-electron chi connectivity index (χ2n) is 5.41.